The summed E-state index contributed by atoms with van der Waals surface area (Å²) in [6.45, 7) is 7.05. The number of likely N-dealkylation sites (N-methyl/N-ethyl adjacent to an activating group) is 1. The van der Waals surface area contributed by atoms with Crippen molar-refractivity contribution in [3.05, 3.63) is 48.6 Å². The fourth-order valence-electron chi connectivity index (χ4n) is 11.6. The van der Waals surface area contributed by atoms with Gasteiger partial charge in [-0.3, -0.25) is 18.6 Å². The summed E-state index contributed by atoms with van der Waals surface area (Å²) in [6.07, 6.45) is 87.1. The number of quaternary nitrogens is 1. The summed E-state index contributed by atoms with van der Waals surface area (Å²) >= 11 is 0. The molecule has 10 heteroatoms. The van der Waals surface area contributed by atoms with Crippen LogP contribution in [0.3, 0.4) is 0 Å². The molecule has 518 valence electrons. The molecule has 0 spiro atoms. The van der Waals surface area contributed by atoms with Gasteiger partial charge in [0.15, 0.2) is 0 Å². The van der Waals surface area contributed by atoms with E-state index in [1.807, 2.05) is 27.2 Å². The van der Waals surface area contributed by atoms with Gasteiger partial charge in [-0.2, -0.15) is 0 Å². The molecule has 0 heterocycles. The summed E-state index contributed by atoms with van der Waals surface area (Å²) in [7, 11) is 1.51. The summed E-state index contributed by atoms with van der Waals surface area (Å²) in [5.41, 5.74) is 0. The average molecular weight is 1260 g/mol. The number of unbranched alkanes of at least 4 members (excludes halogenated alkanes) is 49. The second kappa shape index (κ2) is 67.8. The first-order valence-electron chi connectivity index (χ1n) is 38.5. The number of hydrogen-bond acceptors (Lipinski definition) is 6. The van der Waals surface area contributed by atoms with Gasteiger partial charge >= 0.3 is 13.8 Å². The van der Waals surface area contributed by atoms with Crippen LogP contribution in [0.25, 0.3) is 0 Å². The summed E-state index contributed by atoms with van der Waals surface area (Å²) < 4.78 is 30.9. The predicted octanol–water partition coefficient (Wildman–Crippen LogP) is 24.7. The van der Waals surface area contributed by atoms with Crippen molar-refractivity contribution in [1.82, 2.24) is 5.32 Å². The molecule has 2 N–H and O–H groups in total. The van der Waals surface area contributed by atoms with E-state index in [2.05, 4.69) is 68.6 Å². The third kappa shape index (κ3) is 68.3. The molecule has 0 bridgehead atoms. The maximum atomic E-state index is 13.6. The lowest BCUT2D eigenvalue weighted by Gasteiger charge is -2.27. The molecule has 0 aromatic rings. The molecule has 88 heavy (non-hydrogen) atoms. The number of rotatable bonds is 71. The van der Waals surface area contributed by atoms with E-state index in [-0.39, 0.29) is 25.1 Å². The number of amides is 1. The van der Waals surface area contributed by atoms with E-state index in [0.29, 0.717) is 23.9 Å². The Bertz CT molecular complexity index is 1640. The van der Waals surface area contributed by atoms with Crippen LogP contribution in [-0.2, 0) is 27.9 Å². The van der Waals surface area contributed by atoms with Gasteiger partial charge < -0.3 is 19.4 Å². The molecule has 3 atom stereocenters. The quantitative estimate of drug-likeness (QED) is 0.0205. The first-order chi connectivity index (χ1) is 42.9. The van der Waals surface area contributed by atoms with E-state index < -0.39 is 20.0 Å². The number of allylic oxidation sites excluding steroid dienone is 7. The summed E-state index contributed by atoms with van der Waals surface area (Å²) in [6, 6.07) is -0.850. The number of nitrogens with one attached hydrogen (secondary N) is 1. The van der Waals surface area contributed by atoms with Crippen LogP contribution in [0.2, 0.25) is 0 Å². The molecule has 0 aromatic heterocycles. The van der Waals surface area contributed by atoms with Gasteiger partial charge in [-0.05, 0) is 70.3 Å². The van der Waals surface area contributed by atoms with Crippen LogP contribution in [0.1, 0.15) is 387 Å². The molecule has 0 saturated carbocycles. The van der Waals surface area contributed by atoms with Crippen LogP contribution in [0.15, 0.2) is 48.6 Å². The van der Waals surface area contributed by atoms with Crippen molar-refractivity contribution in [1.29, 1.82) is 0 Å². The van der Waals surface area contributed by atoms with E-state index in [0.717, 1.165) is 70.6 Å². The Morgan fingerprint density at radius 1 is 0.398 bits per heavy atom. The number of phosphoric acid groups is 1. The van der Waals surface area contributed by atoms with Crippen molar-refractivity contribution in [3.8, 4) is 0 Å². The van der Waals surface area contributed by atoms with Crippen LogP contribution >= 0.6 is 7.82 Å². The van der Waals surface area contributed by atoms with Gasteiger partial charge in [0, 0.05) is 12.8 Å². The van der Waals surface area contributed by atoms with Gasteiger partial charge in [-0.15, -0.1) is 0 Å². The Morgan fingerprint density at radius 3 is 1.06 bits per heavy atom. The second-order valence-electron chi connectivity index (χ2n) is 27.5. The number of esters is 1. The van der Waals surface area contributed by atoms with Crippen molar-refractivity contribution in [3.63, 3.8) is 0 Å². The molecule has 9 nitrogen and oxygen atoms in total. The zero-order valence-corrected chi connectivity index (χ0v) is 60.4. The third-order valence-corrected chi connectivity index (χ3v) is 18.5. The number of carbonyl (C=O) groups excluding carboxylic acids is 2. The molecule has 1 amide bonds. The Morgan fingerprint density at radius 2 is 0.693 bits per heavy atom. The number of phosphoric ester groups is 1. The minimum atomic E-state index is -4.46. The van der Waals surface area contributed by atoms with Gasteiger partial charge in [-0.1, -0.05) is 352 Å². The Balaban J connectivity index is 4.94. The maximum Gasteiger partial charge on any atom is 0.472 e. The minimum absolute atomic E-state index is 0.0411. The van der Waals surface area contributed by atoms with Crippen molar-refractivity contribution >= 4 is 19.7 Å². The Kier molecular flexibility index (Phi) is 66.3. The molecule has 0 aliphatic rings. The molecule has 0 aromatic carbocycles. The zero-order valence-electron chi connectivity index (χ0n) is 59.5. The first kappa shape index (κ1) is 86.0. The molecule has 3 unspecified atom stereocenters. The topological polar surface area (TPSA) is 111 Å². The number of nitrogens with zero attached hydrogens (tertiary/aromatic N) is 1. The normalized spacial score (nSPS) is 13.7. The largest absolute Gasteiger partial charge is 0.472 e. The fourth-order valence-corrected chi connectivity index (χ4v) is 12.3. The number of carbonyl (C=O) groups is 2. The lowest BCUT2D eigenvalue weighted by atomic mass is 10.0. The molecule has 0 rings (SSSR count). The highest BCUT2D eigenvalue weighted by Crippen LogP contribution is 2.43. The van der Waals surface area contributed by atoms with Crippen molar-refractivity contribution in [2.75, 3.05) is 40.9 Å². The van der Waals surface area contributed by atoms with E-state index in [4.69, 9.17) is 13.8 Å². The fraction of sp³-hybridized carbons (Fsp3) is 0.872. The standard InChI is InChI=1S/C78H149N2O7P/c1-7-10-13-16-19-22-25-28-30-32-34-36-38-39-40-41-43-45-47-49-51-53-56-59-62-65-68-71-78(82)87-76(69-66-63-60-57-54-27-24-21-18-15-12-9-3)75(74-86-88(83,84)85-73-72-80(4,5)6)79-77(81)70-67-64-61-58-55-52-50-48-46-44-42-37-35-33-31-29-26-23-20-17-14-11-8-2/h20,23,29,31,35,37,66,69,75-76H,7-19,21-22,24-28,30,32-34,36,38-65,67-68,70-74H2,1-6H3,(H-,79,81,83,84)/p+1/b23-20-,31-29-,37-35-,69-66+. The third-order valence-electron chi connectivity index (χ3n) is 17.5. The molecule has 0 saturated heterocycles. The van der Waals surface area contributed by atoms with Crippen LogP contribution < -0.4 is 5.32 Å². The molecular weight excluding hydrogens is 1110 g/mol. The molecule has 0 fully saturated rings. The molecule has 0 aliphatic heterocycles. The summed E-state index contributed by atoms with van der Waals surface area (Å²) in [4.78, 5) is 38.0. The Labute approximate surface area is 548 Å². The highest BCUT2D eigenvalue weighted by Gasteiger charge is 2.30. The monoisotopic (exact) mass is 1260 g/mol. The van der Waals surface area contributed by atoms with Gasteiger partial charge in [-0.25, -0.2) is 4.57 Å². The van der Waals surface area contributed by atoms with E-state index >= 15 is 0 Å². The van der Waals surface area contributed by atoms with Gasteiger partial charge in [0.25, 0.3) is 0 Å². The van der Waals surface area contributed by atoms with Gasteiger partial charge in [0.05, 0.1) is 33.8 Å². The van der Waals surface area contributed by atoms with Crippen LogP contribution in [0.5, 0.6) is 0 Å². The smallest absolute Gasteiger partial charge is 0.456 e. The van der Waals surface area contributed by atoms with Crippen molar-refractivity contribution < 1.29 is 37.3 Å². The molecule has 0 radical (unpaired) electrons. The lowest BCUT2D eigenvalue weighted by Crippen LogP contribution is -2.47. The second-order valence-corrected chi connectivity index (χ2v) is 29.0. The SMILES string of the molecule is CCCCC/C=C\C/C=C\C/C=C\CCCCCCCCCCCCC(=O)NC(COP(=O)(O)OCC[N+](C)(C)C)C(/C=C/CCCCCCCCCCCC)OC(=O)CCCCCCCCCCCCCCCCCCCCCCCCCCCCC. The zero-order chi connectivity index (χ0) is 64.2. The van der Waals surface area contributed by atoms with Gasteiger partial charge in [0.1, 0.15) is 19.3 Å². The predicted molar refractivity (Wildman–Crippen MR) is 383 cm³/mol. The highest BCUT2D eigenvalue weighted by atomic mass is 31.2. The Hall–Kier alpha value is -2.03. The average Bonchev–Trinajstić information content (AvgIpc) is 3.53. The van der Waals surface area contributed by atoms with Crippen molar-refractivity contribution in [2.45, 2.75) is 399 Å². The summed E-state index contributed by atoms with van der Waals surface area (Å²) in [5, 5.41) is 3.08. The van der Waals surface area contributed by atoms with E-state index in [1.165, 1.54) is 283 Å². The minimum Gasteiger partial charge on any atom is -0.456 e. The summed E-state index contributed by atoms with van der Waals surface area (Å²) in [5.74, 6) is -0.490. The van der Waals surface area contributed by atoms with Gasteiger partial charge in [0.2, 0.25) is 5.91 Å². The first-order valence-corrected chi connectivity index (χ1v) is 40.0. The lowest BCUT2D eigenvalue weighted by molar-refractivity contribution is -0.870. The molecular formula is C78H150N2O7P+. The van der Waals surface area contributed by atoms with Crippen LogP contribution in [0, 0.1) is 0 Å². The van der Waals surface area contributed by atoms with Crippen molar-refractivity contribution in [2.24, 2.45) is 0 Å². The van der Waals surface area contributed by atoms with E-state index in [1.54, 1.807) is 0 Å². The number of ether oxygens (including phenoxy) is 1. The van der Waals surface area contributed by atoms with Crippen LogP contribution in [0.4, 0.5) is 0 Å². The van der Waals surface area contributed by atoms with Crippen LogP contribution in [-0.4, -0.2) is 74.3 Å². The molecule has 0 aliphatic carbocycles. The van der Waals surface area contributed by atoms with E-state index in [9.17, 15) is 19.0 Å². The maximum absolute atomic E-state index is 13.6. The number of hydrogen-bond donors (Lipinski definition) is 2. The highest BCUT2D eigenvalue weighted by molar-refractivity contribution is 7.47.